The van der Waals surface area contributed by atoms with Crippen LogP contribution in [-0.2, 0) is 16.1 Å². The minimum Gasteiger partial charge on any atom is -0.444 e. The van der Waals surface area contributed by atoms with Crippen molar-refractivity contribution >= 4 is 43.9 Å². The molecule has 1 aromatic carbocycles. The normalized spacial score (nSPS) is 17.1. The van der Waals surface area contributed by atoms with Gasteiger partial charge >= 0.3 is 6.09 Å². The van der Waals surface area contributed by atoms with E-state index < -0.39 is 22.8 Å². The van der Waals surface area contributed by atoms with Gasteiger partial charge in [-0.2, -0.15) is 5.26 Å². The summed E-state index contributed by atoms with van der Waals surface area (Å²) in [5.74, 6) is -1.65. The molecule has 1 aromatic rings. The van der Waals surface area contributed by atoms with Crippen molar-refractivity contribution in [3.63, 3.8) is 0 Å². The van der Waals surface area contributed by atoms with Crippen LogP contribution in [0.2, 0.25) is 0 Å². The number of nitriles is 1. The van der Waals surface area contributed by atoms with Gasteiger partial charge in [-0.05, 0) is 56.7 Å². The van der Waals surface area contributed by atoms with Crippen molar-refractivity contribution in [2.24, 2.45) is 11.3 Å². The second-order valence-corrected chi connectivity index (χ2v) is 10.5. The van der Waals surface area contributed by atoms with Crippen molar-refractivity contribution in [2.75, 3.05) is 13.1 Å². The van der Waals surface area contributed by atoms with Gasteiger partial charge in [-0.1, -0.05) is 38.8 Å². The van der Waals surface area contributed by atoms with Crippen LogP contribution in [0.5, 0.6) is 0 Å². The van der Waals surface area contributed by atoms with Crippen LogP contribution in [0.25, 0.3) is 0 Å². The van der Waals surface area contributed by atoms with Gasteiger partial charge in [0.05, 0.1) is 6.07 Å². The number of nitrogens with zero attached hydrogens (tertiary/aromatic N) is 2. The van der Waals surface area contributed by atoms with Gasteiger partial charge in [0.1, 0.15) is 17.3 Å². The van der Waals surface area contributed by atoms with Crippen LogP contribution in [0.3, 0.4) is 0 Å². The first kappa shape index (κ1) is 24.6. The number of likely N-dealkylation sites (tertiary alicyclic amines) is 1. The van der Waals surface area contributed by atoms with Crippen molar-refractivity contribution < 1.29 is 18.7 Å². The van der Waals surface area contributed by atoms with Gasteiger partial charge in [0, 0.05) is 28.6 Å². The number of hydrogen-bond acceptors (Lipinski definition) is 4. The van der Waals surface area contributed by atoms with E-state index in [1.54, 1.807) is 4.90 Å². The third-order valence-corrected chi connectivity index (χ3v) is 6.61. The summed E-state index contributed by atoms with van der Waals surface area (Å²) < 4.78 is 19.9. The second-order valence-electron chi connectivity index (χ2n) is 8.75. The molecule has 1 unspecified atom stereocenters. The number of carbonyl (C=O) groups excluding carboxylic acids is 2. The van der Waals surface area contributed by atoms with E-state index in [0.29, 0.717) is 40.4 Å². The lowest BCUT2D eigenvalue weighted by Crippen LogP contribution is -2.49. The number of piperidine rings is 1. The van der Waals surface area contributed by atoms with Gasteiger partial charge in [0.2, 0.25) is 5.91 Å². The van der Waals surface area contributed by atoms with Gasteiger partial charge in [-0.3, -0.25) is 4.79 Å². The van der Waals surface area contributed by atoms with Crippen molar-refractivity contribution in [3.05, 3.63) is 32.5 Å². The zero-order valence-electron chi connectivity index (χ0n) is 17.5. The van der Waals surface area contributed by atoms with Gasteiger partial charge in [0.25, 0.3) is 0 Å². The summed E-state index contributed by atoms with van der Waals surface area (Å²) in [6.07, 6.45) is 0.650. The Hall–Kier alpha value is -1.66. The number of nitrogens with one attached hydrogen (secondary N) is 1. The summed E-state index contributed by atoms with van der Waals surface area (Å²) in [5.41, 5.74) is -0.448. The molecule has 0 aliphatic carbocycles. The third-order valence-electron chi connectivity index (χ3n) is 5.19. The first-order valence-corrected chi connectivity index (χ1v) is 11.2. The second kappa shape index (κ2) is 9.65. The molecule has 0 saturated carbocycles. The van der Waals surface area contributed by atoms with Gasteiger partial charge < -0.3 is 15.0 Å². The lowest BCUT2D eigenvalue weighted by Gasteiger charge is -2.41. The quantitative estimate of drug-likeness (QED) is 0.566. The number of halogens is 3. The Morgan fingerprint density at radius 2 is 1.83 bits per heavy atom. The average Bonchev–Trinajstić information content (AvgIpc) is 2.60. The fraction of sp³-hybridized carbons (Fsp3) is 0.571. The summed E-state index contributed by atoms with van der Waals surface area (Å²) >= 11 is 6.59. The van der Waals surface area contributed by atoms with E-state index >= 15 is 0 Å². The minimum atomic E-state index is -0.865. The largest absolute Gasteiger partial charge is 0.444 e. The Morgan fingerprint density at radius 3 is 2.30 bits per heavy atom. The summed E-state index contributed by atoms with van der Waals surface area (Å²) in [6, 6.07) is 4.78. The molecule has 30 heavy (non-hydrogen) atoms. The van der Waals surface area contributed by atoms with Gasteiger partial charge in [-0.25, -0.2) is 9.18 Å². The Morgan fingerprint density at radius 1 is 1.30 bits per heavy atom. The smallest absolute Gasteiger partial charge is 0.410 e. The number of hydrogen-bond donors (Lipinski definition) is 1. The molecule has 1 saturated heterocycles. The van der Waals surface area contributed by atoms with Crippen LogP contribution in [0.1, 0.15) is 46.1 Å². The first-order valence-electron chi connectivity index (χ1n) is 9.65. The number of amides is 2. The molecule has 1 aliphatic heterocycles. The molecule has 0 radical (unpaired) electrons. The highest BCUT2D eigenvalue weighted by Crippen LogP contribution is 2.39. The predicted octanol–water partition coefficient (Wildman–Crippen LogP) is 5.14. The topological polar surface area (TPSA) is 82.4 Å². The predicted molar refractivity (Wildman–Crippen MR) is 118 cm³/mol. The van der Waals surface area contributed by atoms with Crippen LogP contribution in [0.15, 0.2) is 21.1 Å². The fourth-order valence-electron chi connectivity index (χ4n) is 3.36. The molecular weight excluding hydrogens is 521 g/mol. The molecule has 2 rings (SSSR count). The molecule has 1 aliphatic rings. The van der Waals surface area contributed by atoms with E-state index in [0.717, 1.165) is 0 Å². The molecule has 0 spiro atoms. The Bertz CT molecular complexity index is 833. The molecule has 6 nitrogen and oxygen atoms in total. The van der Waals surface area contributed by atoms with Crippen molar-refractivity contribution in [1.29, 1.82) is 5.26 Å². The maximum absolute atomic E-state index is 13.4. The molecule has 1 fully saturated rings. The molecule has 2 amide bonds. The zero-order valence-corrected chi connectivity index (χ0v) is 20.7. The molecule has 0 bridgehead atoms. The SMILES string of the molecule is CC(C)(C)OC(=O)N1CCC(C)(C(C#N)C(=O)NCc2c(Br)cc(F)cc2Br)CC1. The number of benzene rings is 1. The average molecular weight is 547 g/mol. The van der Waals surface area contributed by atoms with Crippen LogP contribution in [0.4, 0.5) is 9.18 Å². The van der Waals surface area contributed by atoms with Crippen molar-refractivity contribution in [3.8, 4) is 6.07 Å². The van der Waals surface area contributed by atoms with E-state index in [4.69, 9.17) is 4.74 Å². The lowest BCUT2D eigenvalue weighted by molar-refractivity contribution is -0.127. The van der Waals surface area contributed by atoms with E-state index in [-0.39, 0.29) is 18.5 Å². The van der Waals surface area contributed by atoms with Gasteiger partial charge in [0.15, 0.2) is 0 Å². The standard InChI is InChI=1S/C21H26Br2FN3O3/c1-20(2,3)30-19(29)27-7-5-21(4,6-8-27)15(11-25)18(28)26-12-14-16(22)9-13(24)10-17(14)23/h9-10,15H,5-8,12H2,1-4H3,(H,26,28). The number of carbonyl (C=O) groups is 2. The monoisotopic (exact) mass is 545 g/mol. The third kappa shape index (κ3) is 6.17. The van der Waals surface area contributed by atoms with E-state index in [2.05, 4.69) is 43.2 Å². The lowest BCUT2D eigenvalue weighted by atomic mass is 9.70. The Kier molecular flexibility index (Phi) is 7.91. The summed E-state index contributed by atoms with van der Waals surface area (Å²) in [7, 11) is 0. The molecule has 164 valence electrons. The highest BCUT2D eigenvalue weighted by atomic mass is 79.9. The van der Waals surface area contributed by atoms with Crippen LogP contribution in [-0.4, -0.2) is 35.6 Å². The highest BCUT2D eigenvalue weighted by molar-refractivity contribution is 9.11. The molecule has 1 atom stereocenters. The molecule has 1 N–H and O–H groups in total. The van der Waals surface area contributed by atoms with E-state index in [1.807, 2.05) is 27.7 Å². The Balaban J connectivity index is 2.01. The van der Waals surface area contributed by atoms with Crippen LogP contribution >= 0.6 is 31.9 Å². The highest BCUT2D eigenvalue weighted by Gasteiger charge is 2.43. The summed E-state index contributed by atoms with van der Waals surface area (Å²) in [5, 5.41) is 12.5. The molecule has 0 aromatic heterocycles. The van der Waals surface area contributed by atoms with Crippen LogP contribution < -0.4 is 5.32 Å². The van der Waals surface area contributed by atoms with Crippen LogP contribution in [0, 0.1) is 28.5 Å². The van der Waals surface area contributed by atoms with Crippen molar-refractivity contribution in [2.45, 2.75) is 52.7 Å². The van der Waals surface area contributed by atoms with Gasteiger partial charge in [-0.15, -0.1) is 0 Å². The van der Waals surface area contributed by atoms with Crippen molar-refractivity contribution in [1.82, 2.24) is 10.2 Å². The molecule has 1 heterocycles. The van der Waals surface area contributed by atoms with E-state index in [9.17, 15) is 19.2 Å². The maximum atomic E-state index is 13.4. The summed E-state index contributed by atoms with van der Waals surface area (Å²) in [6.45, 7) is 8.33. The Labute approximate surface area is 193 Å². The molecular formula is C21H26Br2FN3O3. The van der Waals surface area contributed by atoms with E-state index in [1.165, 1.54) is 12.1 Å². The zero-order chi connectivity index (χ0) is 22.7. The fourth-order valence-corrected chi connectivity index (χ4v) is 4.78. The first-order chi connectivity index (χ1) is 13.9. The minimum absolute atomic E-state index is 0.151. The maximum Gasteiger partial charge on any atom is 0.410 e. The summed E-state index contributed by atoms with van der Waals surface area (Å²) in [4.78, 5) is 26.7. The molecule has 9 heteroatoms. The number of rotatable bonds is 4. The number of ether oxygens (including phenoxy) is 1.